The van der Waals surface area contributed by atoms with Gasteiger partial charge in [-0.1, -0.05) is 32.9 Å². The highest BCUT2D eigenvalue weighted by atomic mass is 32.2. The Kier molecular flexibility index (Phi) is 5.00. The minimum absolute atomic E-state index is 0.173. The maximum atomic E-state index is 10.4. The summed E-state index contributed by atoms with van der Waals surface area (Å²) in [6, 6.07) is 0. The van der Waals surface area contributed by atoms with Gasteiger partial charge >= 0.3 is 0 Å². The first-order chi connectivity index (χ1) is 12.1. The lowest BCUT2D eigenvalue weighted by atomic mass is 9.67. The molecule has 26 heavy (non-hydrogen) atoms. The third-order valence-corrected chi connectivity index (χ3v) is 16.1. The van der Waals surface area contributed by atoms with Crippen LogP contribution < -0.4 is 0 Å². The lowest BCUT2D eigenvalue weighted by Crippen LogP contribution is -2.50. The second kappa shape index (κ2) is 6.55. The van der Waals surface area contributed by atoms with Crippen LogP contribution >= 0.6 is 23.5 Å². The molecule has 1 N–H and O–H groups in total. The first kappa shape index (κ1) is 19.9. The number of hydrogen-bond acceptors (Lipinski definition) is 4. The van der Waals surface area contributed by atoms with E-state index in [0.717, 1.165) is 6.42 Å². The van der Waals surface area contributed by atoms with E-state index in [1.54, 1.807) is 0 Å². The molecular formula is C21H36O2S2Si. The van der Waals surface area contributed by atoms with E-state index in [1.165, 1.54) is 37.2 Å². The van der Waals surface area contributed by atoms with Crippen molar-refractivity contribution in [2.45, 2.75) is 87.3 Å². The Labute approximate surface area is 169 Å². The molecule has 4 rings (SSSR count). The van der Waals surface area contributed by atoms with Gasteiger partial charge < -0.3 is 9.53 Å². The fourth-order valence-corrected chi connectivity index (χ4v) is 11.1. The van der Waals surface area contributed by atoms with Gasteiger partial charge in [0.05, 0.1) is 16.3 Å². The predicted octanol–water partition coefficient (Wildman–Crippen LogP) is 5.68. The van der Waals surface area contributed by atoms with Crippen molar-refractivity contribution in [3.05, 3.63) is 12.2 Å². The van der Waals surface area contributed by atoms with Crippen LogP contribution in [-0.2, 0) is 4.43 Å². The summed E-state index contributed by atoms with van der Waals surface area (Å²) >= 11 is 4.48. The van der Waals surface area contributed by atoms with E-state index in [0.29, 0.717) is 22.0 Å². The molecule has 0 aromatic carbocycles. The minimum atomic E-state index is -1.80. The van der Waals surface area contributed by atoms with Crippen LogP contribution in [0.5, 0.6) is 0 Å². The average Bonchev–Trinajstić information content (AvgIpc) is 3.01. The Bertz CT molecular complexity index is 579. The van der Waals surface area contributed by atoms with Crippen LogP contribution in [0.15, 0.2) is 12.2 Å². The van der Waals surface area contributed by atoms with Crippen LogP contribution in [0, 0.1) is 17.3 Å². The molecule has 148 valence electrons. The van der Waals surface area contributed by atoms with Gasteiger partial charge in [-0.3, -0.25) is 0 Å². The monoisotopic (exact) mass is 412 g/mol. The summed E-state index contributed by atoms with van der Waals surface area (Å²) in [7, 11) is -1.80. The van der Waals surface area contributed by atoms with Crippen LogP contribution in [0.3, 0.4) is 0 Å². The smallest absolute Gasteiger partial charge is 0.192 e. The SMILES string of the molecule is CC(C)(C)[Si](C)(C)O[C@@H]1CC[C@@H]2C3(C[C@@H]4C[C@H](O)C=C[C@]421)SCCCS3. The average molecular weight is 413 g/mol. The van der Waals surface area contributed by atoms with Gasteiger partial charge in [0.15, 0.2) is 8.32 Å². The third kappa shape index (κ3) is 2.90. The second-order valence-corrected chi connectivity index (χ2v) is 18.3. The zero-order valence-corrected chi connectivity index (χ0v) is 19.7. The summed E-state index contributed by atoms with van der Waals surface area (Å²) in [6.45, 7) is 11.9. The molecule has 5 atom stereocenters. The van der Waals surface area contributed by atoms with Gasteiger partial charge in [-0.05, 0) is 73.6 Å². The summed E-state index contributed by atoms with van der Waals surface area (Å²) in [6.07, 6.45) is 10.7. The number of rotatable bonds is 2. The van der Waals surface area contributed by atoms with Crippen molar-refractivity contribution in [2.75, 3.05) is 11.5 Å². The number of aliphatic hydroxyl groups excluding tert-OH is 1. The molecule has 4 aliphatic rings. The van der Waals surface area contributed by atoms with Gasteiger partial charge in [-0.15, -0.1) is 23.5 Å². The van der Waals surface area contributed by atoms with Crippen LogP contribution in [-0.4, -0.2) is 41.2 Å². The minimum Gasteiger partial charge on any atom is -0.413 e. The van der Waals surface area contributed by atoms with Gasteiger partial charge in [-0.25, -0.2) is 0 Å². The number of aliphatic hydroxyl groups is 1. The van der Waals surface area contributed by atoms with Crippen LogP contribution in [0.2, 0.25) is 18.1 Å². The van der Waals surface area contributed by atoms with Gasteiger partial charge in [0.1, 0.15) is 0 Å². The summed E-state index contributed by atoms with van der Waals surface area (Å²) < 4.78 is 7.47. The second-order valence-electron chi connectivity index (χ2n) is 10.4. The Hall–Kier alpha value is 0.577. The van der Waals surface area contributed by atoms with E-state index in [4.69, 9.17) is 4.43 Å². The molecule has 0 unspecified atom stereocenters. The fourth-order valence-electron chi connectivity index (χ4n) is 5.75. The molecule has 1 heterocycles. The largest absolute Gasteiger partial charge is 0.413 e. The van der Waals surface area contributed by atoms with Crippen molar-refractivity contribution < 1.29 is 9.53 Å². The standard InChI is InChI=1S/C21H36O2S2Si/c1-19(2,3)26(4,5)23-18-8-7-17-20(18)10-9-16(22)13-15(20)14-21(17)24-11-6-12-25-21/h9-10,15-18,22H,6-8,11-14H2,1-5H3/t15-,16+,17-,18+,20-/m0/s1. The molecule has 0 radical (unpaired) electrons. The first-order valence-corrected chi connectivity index (χ1v) is 15.3. The van der Waals surface area contributed by atoms with Crippen molar-refractivity contribution in [1.82, 2.24) is 0 Å². The molecule has 0 aromatic rings. The highest BCUT2D eigenvalue weighted by Gasteiger charge is 2.68. The molecule has 1 saturated heterocycles. The Morgan fingerprint density at radius 2 is 1.85 bits per heavy atom. The topological polar surface area (TPSA) is 29.5 Å². The molecule has 0 bridgehead atoms. The molecule has 2 spiro atoms. The highest BCUT2D eigenvalue weighted by molar-refractivity contribution is 8.18. The van der Waals surface area contributed by atoms with Gasteiger partial charge in [0.2, 0.25) is 0 Å². The van der Waals surface area contributed by atoms with E-state index in [-0.39, 0.29) is 16.6 Å². The van der Waals surface area contributed by atoms with E-state index < -0.39 is 8.32 Å². The number of thioether (sulfide) groups is 2. The molecule has 2 nitrogen and oxygen atoms in total. The lowest BCUT2D eigenvalue weighted by molar-refractivity contribution is 0.0245. The van der Waals surface area contributed by atoms with Crippen molar-refractivity contribution in [1.29, 1.82) is 0 Å². The van der Waals surface area contributed by atoms with E-state index in [1.807, 2.05) is 0 Å². The first-order valence-electron chi connectivity index (χ1n) is 10.4. The fraction of sp³-hybridized carbons (Fsp3) is 0.905. The van der Waals surface area contributed by atoms with E-state index in [9.17, 15) is 5.11 Å². The molecule has 3 aliphatic carbocycles. The lowest BCUT2D eigenvalue weighted by Gasteiger charge is -2.47. The third-order valence-electron chi connectivity index (χ3n) is 8.01. The quantitative estimate of drug-likeness (QED) is 0.467. The normalized spacial score (nSPS) is 42.1. The summed E-state index contributed by atoms with van der Waals surface area (Å²) in [4.78, 5) is 0. The maximum absolute atomic E-state index is 10.4. The van der Waals surface area contributed by atoms with Crippen LogP contribution in [0.1, 0.15) is 52.9 Å². The van der Waals surface area contributed by atoms with Gasteiger partial charge in [-0.2, -0.15) is 0 Å². The zero-order chi connectivity index (χ0) is 18.8. The number of hydrogen-bond donors (Lipinski definition) is 1. The van der Waals surface area contributed by atoms with E-state index in [2.05, 4.69) is 69.5 Å². The molecule has 5 heteroatoms. The molecule has 3 fully saturated rings. The van der Waals surface area contributed by atoms with Gasteiger partial charge in [0.25, 0.3) is 0 Å². The Balaban J connectivity index is 1.70. The molecule has 0 amide bonds. The molecule has 1 aliphatic heterocycles. The van der Waals surface area contributed by atoms with Gasteiger partial charge in [0, 0.05) is 5.41 Å². The van der Waals surface area contributed by atoms with Crippen molar-refractivity contribution in [2.24, 2.45) is 17.3 Å². The molecule has 2 saturated carbocycles. The zero-order valence-electron chi connectivity index (χ0n) is 17.1. The maximum Gasteiger partial charge on any atom is 0.192 e. The van der Waals surface area contributed by atoms with Crippen molar-refractivity contribution >= 4 is 31.8 Å². The summed E-state index contributed by atoms with van der Waals surface area (Å²) in [5, 5.41) is 10.6. The Morgan fingerprint density at radius 1 is 1.15 bits per heavy atom. The van der Waals surface area contributed by atoms with Crippen molar-refractivity contribution in [3.63, 3.8) is 0 Å². The Morgan fingerprint density at radius 3 is 2.50 bits per heavy atom. The number of fused-ring (bicyclic) bond motifs is 1. The predicted molar refractivity (Wildman–Crippen MR) is 117 cm³/mol. The summed E-state index contributed by atoms with van der Waals surface area (Å²) in [5.41, 5.74) is 0.173. The summed E-state index contributed by atoms with van der Waals surface area (Å²) in [5.74, 6) is 3.93. The van der Waals surface area contributed by atoms with E-state index >= 15 is 0 Å². The highest BCUT2D eigenvalue weighted by Crippen LogP contribution is 2.72. The van der Waals surface area contributed by atoms with Crippen LogP contribution in [0.25, 0.3) is 0 Å². The molecule has 0 aromatic heterocycles. The van der Waals surface area contributed by atoms with Crippen LogP contribution in [0.4, 0.5) is 0 Å². The molecular weight excluding hydrogens is 376 g/mol. The van der Waals surface area contributed by atoms with Crippen molar-refractivity contribution in [3.8, 4) is 0 Å².